The van der Waals surface area contributed by atoms with Crippen LogP contribution in [0.15, 0.2) is 23.8 Å². The zero-order valence-electron chi connectivity index (χ0n) is 10.6. The molecule has 0 aromatic carbocycles. The summed E-state index contributed by atoms with van der Waals surface area (Å²) in [5.74, 6) is 0. The highest BCUT2D eigenvalue weighted by molar-refractivity contribution is 5.56. The fraction of sp³-hybridized carbons (Fsp3) is 0.538. The number of nitrogens with zero attached hydrogens (tertiary/aromatic N) is 2. The molecule has 0 radical (unpaired) electrons. The van der Waals surface area contributed by atoms with Crippen LogP contribution in [0.25, 0.3) is 5.57 Å². The number of allylic oxidation sites excluding steroid dienone is 1. The first-order valence-electron chi connectivity index (χ1n) is 6.16. The van der Waals surface area contributed by atoms with Gasteiger partial charge in [-0.25, -0.2) is 4.98 Å². The summed E-state index contributed by atoms with van der Waals surface area (Å²) in [6.07, 6.45) is 2.80. The van der Waals surface area contributed by atoms with Crippen LogP contribution in [-0.4, -0.2) is 33.3 Å². The van der Waals surface area contributed by atoms with Crippen LogP contribution in [0.1, 0.15) is 25.5 Å². The summed E-state index contributed by atoms with van der Waals surface area (Å²) in [6.45, 7) is 7.43. The Hall–Kier alpha value is -1.46. The van der Waals surface area contributed by atoms with Crippen LogP contribution in [-0.2, 0) is 6.54 Å². The van der Waals surface area contributed by atoms with Crippen molar-refractivity contribution in [3.63, 3.8) is 0 Å². The molecule has 98 valence electrons. The van der Waals surface area contributed by atoms with Gasteiger partial charge in [-0.2, -0.15) is 0 Å². The molecule has 0 saturated carbocycles. The van der Waals surface area contributed by atoms with E-state index >= 15 is 0 Å². The van der Waals surface area contributed by atoms with Gasteiger partial charge in [-0.15, -0.1) is 0 Å². The van der Waals surface area contributed by atoms with Crippen LogP contribution in [0, 0.1) is 0 Å². The Labute approximate surface area is 106 Å². The summed E-state index contributed by atoms with van der Waals surface area (Å²) in [5, 5.41) is 13.6. The molecular weight excluding hydrogens is 230 g/mol. The number of rotatable bonds is 3. The first-order chi connectivity index (χ1) is 8.50. The third-order valence-electron chi connectivity index (χ3n) is 3.32. The molecule has 1 fully saturated rings. The highest BCUT2D eigenvalue weighted by Gasteiger charge is 2.29. The van der Waals surface area contributed by atoms with E-state index in [0.717, 1.165) is 18.7 Å². The van der Waals surface area contributed by atoms with E-state index in [9.17, 15) is 9.90 Å². The fourth-order valence-corrected chi connectivity index (χ4v) is 2.15. The lowest BCUT2D eigenvalue weighted by Crippen LogP contribution is -2.46. The Bertz CT molecular complexity index is 501. The predicted molar refractivity (Wildman–Crippen MR) is 70.3 cm³/mol. The number of nitrogens with one attached hydrogen (secondary N) is 1. The van der Waals surface area contributed by atoms with Gasteiger partial charge in [0.1, 0.15) is 0 Å². The van der Waals surface area contributed by atoms with Crippen LogP contribution in [0.4, 0.5) is 0 Å². The van der Waals surface area contributed by atoms with E-state index in [0.29, 0.717) is 25.1 Å². The third-order valence-corrected chi connectivity index (χ3v) is 3.32. The van der Waals surface area contributed by atoms with Crippen molar-refractivity contribution in [1.29, 1.82) is 0 Å². The van der Waals surface area contributed by atoms with Crippen molar-refractivity contribution in [2.24, 2.45) is 0 Å². The minimum Gasteiger partial charge on any atom is -0.388 e. The van der Waals surface area contributed by atoms with E-state index in [-0.39, 0.29) is 5.56 Å². The van der Waals surface area contributed by atoms with E-state index in [1.807, 2.05) is 6.92 Å². The summed E-state index contributed by atoms with van der Waals surface area (Å²) < 4.78 is 1.47. The van der Waals surface area contributed by atoms with Gasteiger partial charge >= 0.3 is 0 Å². The molecule has 0 amide bonds. The van der Waals surface area contributed by atoms with Crippen LogP contribution >= 0.6 is 0 Å². The molecule has 1 aromatic rings. The minimum atomic E-state index is -0.804. The molecule has 5 heteroatoms. The highest BCUT2D eigenvalue weighted by Crippen LogP contribution is 2.19. The summed E-state index contributed by atoms with van der Waals surface area (Å²) in [6, 6.07) is 1.47. The van der Waals surface area contributed by atoms with Gasteiger partial charge in [0.2, 0.25) is 0 Å². The first-order valence-corrected chi connectivity index (χ1v) is 6.16. The molecule has 5 nitrogen and oxygen atoms in total. The summed E-state index contributed by atoms with van der Waals surface area (Å²) >= 11 is 0. The molecule has 1 aromatic heterocycles. The smallest absolute Gasteiger partial charge is 0.253 e. The van der Waals surface area contributed by atoms with E-state index in [1.54, 1.807) is 0 Å². The van der Waals surface area contributed by atoms with Crippen LogP contribution in [0.2, 0.25) is 0 Å². The molecule has 0 bridgehead atoms. The van der Waals surface area contributed by atoms with Gasteiger partial charge < -0.3 is 10.4 Å². The maximum absolute atomic E-state index is 11.9. The second-order valence-electron chi connectivity index (χ2n) is 4.99. The van der Waals surface area contributed by atoms with Crippen molar-refractivity contribution < 1.29 is 5.11 Å². The van der Waals surface area contributed by atoms with Gasteiger partial charge in [0.05, 0.1) is 24.2 Å². The van der Waals surface area contributed by atoms with Crippen molar-refractivity contribution in [2.45, 2.75) is 31.9 Å². The quantitative estimate of drug-likeness (QED) is 0.813. The Morgan fingerprint density at radius 3 is 2.83 bits per heavy atom. The lowest BCUT2D eigenvalue weighted by atomic mass is 9.92. The SMILES string of the molecule is C=C(C)c1cc(=O)n(CC2(O)CCNCC2)cn1. The van der Waals surface area contributed by atoms with Gasteiger partial charge in [-0.1, -0.05) is 6.58 Å². The maximum Gasteiger partial charge on any atom is 0.253 e. The Morgan fingerprint density at radius 2 is 2.28 bits per heavy atom. The van der Waals surface area contributed by atoms with Gasteiger partial charge in [-0.05, 0) is 38.4 Å². The molecule has 0 aliphatic carbocycles. The number of hydrogen-bond acceptors (Lipinski definition) is 4. The second kappa shape index (κ2) is 5.04. The van der Waals surface area contributed by atoms with Gasteiger partial charge in [0, 0.05) is 6.07 Å². The lowest BCUT2D eigenvalue weighted by molar-refractivity contribution is -0.00642. The third kappa shape index (κ3) is 2.86. The predicted octanol–water partition coefficient (Wildman–Crippen LogP) is 0.391. The van der Waals surface area contributed by atoms with Gasteiger partial charge in [0.15, 0.2) is 0 Å². The van der Waals surface area contributed by atoms with E-state index in [2.05, 4.69) is 16.9 Å². The van der Waals surface area contributed by atoms with Crippen molar-refractivity contribution in [3.05, 3.63) is 35.0 Å². The molecular formula is C13H19N3O2. The summed E-state index contributed by atoms with van der Waals surface area (Å²) in [7, 11) is 0. The summed E-state index contributed by atoms with van der Waals surface area (Å²) in [4.78, 5) is 16.1. The molecule has 1 aliphatic rings. The zero-order chi connectivity index (χ0) is 13.2. The number of hydrogen-bond donors (Lipinski definition) is 2. The Balaban J connectivity index is 2.19. The maximum atomic E-state index is 11.9. The van der Waals surface area contributed by atoms with Crippen LogP contribution in [0.3, 0.4) is 0 Å². The molecule has 1 aliphatic heterocycles. The largest absolute Gasteiger partial charge is 0.388 e. The number of piperidine rings is 1. The minimum absolute atomic E-state index is 0.144. The van der Waals surface area contributed by atoms with Gasteiger partial charge in [0.25, 0.3) is 5.56 Å². The van der Waals surface area contributed by atoms with Crippen LogP contribution in [0.5, 0.6) is 0 Å². The van der Waals surface area contributed by atoms with Crippen molar-refractivity contribution in [3.8, 4) is 0 Å². The summed E-state index contributed by atoms with van der Waals surface area (Å²) in [5.41, 5.74) is 0.421. The molecule has 2 heterocycles. The Kier molecular flexibility index (Phi) is 3.63. The zero-order valence-corrected chi connectivity index (χ0v) is 10.6. The second-order valence-corrected chi connectivity index (χ2v) is 4.99. The number of aliphatic hydroxyl groups is 1. The molecule has 0 unspecified atom stereocenters. The molecule has 2 rings (SSSR count). The average molecular weight is 249 g/mol. The monoisotopic (exact) mass is 249 g/mol. The normalized spacial score (nSPS) is 18.6. The van der Waals surface area contributed by atoms with E-state index < -0.39 is 5.60 Å². The Morgan fingerprint density at radius 1 is 1.61 bits per heavy atom. The van der Waals surface area contributed by atoms with E-state index in [1.165, 1.54) is 17.0 Å². The topological polar surface area (TPSA) is 67.2 Å². The van der Waals surface area contributed by atoms with Crippen molar-refractivity contribution >= 4 is 5.57 Å². The van der Waals surface area contributed by atoms with Crippen LogP contribution < -0.4 is 10.9 Å². The van der Waals surface area contributed by atoms with E-state index in [4.69, 9.17) is 0 Å². The molecule has 2 N–H and O–H groups in total. The van der Waals surface area contributed by atoms with Gasteiger partial charge in [-0.3, -0.25) is 9.36 Å². The molecule has 0 spiro atoms. The van der Waals surface area contributed by atoms with Crippen molar-refractivity contribution in [1.82, 2.24) is 14.9 Å². The fourth-order valence-electron chi connectivity index (χ4n) is 2.15. The standard InChI is InChI=1S/C13H19N3O2/c1-10(2)11-7-12(17)16(9-15-11)8-13(18)3-5-14-6-4-13/h7,9,14,18H,1,3-6,8H2,2H3. The molecule has 1 saturated heterocycles. The highest BCUT2D eigenvalue weighted by atomic mass is 16.3. The molecule has 0 atom stereocenters. The molecule has 18 heavy (non-hydrogen) atoms. The number of aromatic nitrogens is 2. The van der Waals surface area contributed by atoms with Crippen molar-refractivity contribution in [2.75, 3.05) is 13.1 Å². The average Bonchev–Trinajstić information content (AvgIpc) is 2.32. The first kappa shape index (κ1) is 13.0. The lowest BCUT2D eigenvalue weighted by Gasteiger charge is -2.32.